The molecule has 2 aromatic rings. The van der Waals surface area contributed by atoms with E-state index in [1.807, 2.05) is 28.8 Å². The van der Waals surface area contributed by atoms with Crippen LogP contribution in [0.2, 0.25) is 0 Å². The van der Waals surface area contributed by atoms with Crippen LogP contribution in [-0.2, 0) is 4.74 Å². The highest BCUT2D eigenvalue weighted by Crippen LogP contribution is 2.48. The molecular weight excluding hydrogens is 438 g/mol. The predicted octanol–water partition coefficient (Wildman–Crippen LogP) is 5.35. The number of rotatable bonds is 4. The minimum absolute atomic E-state index is 0.0765. The maximum absolute atomic E-state index is 13.7. The number of nitrogens with zero attached hydrogens (tertiary/aromatic N) is 3. The summed E-state index contributed by atoms with van der Waals surface area (Å²) in [6.07, 6.45) is 12.7. The standard InChI is InChI=1S/C29H39N3O3/c1-3-35-29(34)27-28(33)32(26-10-5-4-9-25(26)30-27)24-16-21-7-6-8-22(17-24)31(21)23-14-19-11-18(2)12-20(13-19)15-23/h4-5,9-10,18-24H,3,6-8,11-17H2,1-2H3/t18?,19-,20+,21-,22+,23?,24?. The molecule has 2 saturated carbocycles. The first-order chi connectivity index (χ1) is 17.0. The lowest BCUT2D eigenvalue weighted by Crippen LogP contribution is -2.59. The van der Waals surface area contributed by atoms with Gasteiger partial charge >= 0.3 is 5.97 Å². The van der Waals surface area contributed by atoms with Crippen molar-refractivity contribution in [3.8, 4) is 0 Å². The minimum Gasteiger partial charge on any atom is -0.461 e. The smallest absolute Gasteiger partial charge is 0.362 e. The van der Waals surface area contributed by atoms with Gasteiger partial charge in [-0.2, -0.15) is 0 Å². The van der Waals surface area contributed by atoms with E-state index in [-0.39, 0.29) is 23.9 Å². The number of fused-ring (bicyclic) bond motifs is 5. The number of hydrogen-bond acceptors (Lipinski definition) is 5. The van der Waals surface area contributed by atoms with Gasteiger partial charge in [0.05, 0.1) is 17.6 Å². The van der Waals surface area contributed by atoms with E-state index in [2.05, 4.69) is 16.8 Å². The van der Waals surface area contributed by atoms with Crippen molar-refractivity contribution in [2.45, 2.75) is 102 Å². The first-order valence-electron chi connectivity index (χ1n) is 14.0. The van der Waals surface area contributed by atoms with E-state index in [0.717, 1.165) is 36.1 Å². The molecule has 2 saturated heterocycles. The van der Waals surface area contributed by atoms with Gasteiger partial charge in [0.1, 0.15) is 0 Å². The second kappa shape index (κ2) is 9.34. The topological polar surface area (TPSA) is 64.4 Å². The Balaban J connectivity index is 1.32. The second-order valence-electron chi connectivity index (χ2n) is 11.8. The van der Waals surface area contributed by atoms with E-state index >= 15 is 0 Å². The average Bonchev–Trinajstić information content (AvgIpc) is 2.82. The van der Waals surface area contributed by atoms with Crippen LogP contribution in [0.15, 0.2) is 29.1 Å². The summed E-state index contributed by atoms with van der Waals surface area (Å²) in [5, 5.41) is 0. The van der Waals surface area contributed by atoms with Crippen LogP contribution >= 0.6 is 0 Å². The number of para-hydroxylation sites is 2. The molecule has 2 aliphatic heterocycles. The number of carbonyl (C=O) groups excluding carboxylic acids is 1. The molecule has 6 heteroatoms. The van der Waals surface area contributed by atoms with Crippen molar-refractivity contribution in [3.63, 3.8) is 0 Å². The Bertz CT molecular complexity index is 1130. The van der Waals surface area contributed by atoms with Crippen molar-refractivity contribution in [2.24, 2.45) is 17.8 Å². The zero-order valence-corrected chi connectivity index (χ0v) is 21.2. The van der Waals surface area contributed by atoms with Gasteiger partial charge in [0.15, 0.2) is 0 Å². The molecule has 1 aromatic heterocycles. The summed E-state index contributed by atoms with van der Waals surface area (Å²) in [5.41, 5.74) is 1.16. The monoisotopic (exact) mass is 477 g/mol. The molecule has 188 valence electrons. The number of benzene rings is 1. The number of piperidine rings is 2. The van der Waals surface area contributed by atoms with E-state index in [9.17, 15) is 9.59 Å². The summed E-state index contributed by atoms with van der Waals surface area (Å²) < 4.78 is 7.09. The molecule has 1 aromatic carbocycles. The first-order valence-corrected chi connectivity index (χ1v) is 14.0. The van der Waals surface area contributed by atoms with Crippen LogP contribution in [0.4, 0.5) is 0 Å². The van der Waals surface area contributed by atoms with Crippen LogP contribution in [0.25, 0.3) is 11.0 Å². The highest BCUT2D eigenvalue weighted by Gasteiger charge is 2.46. The highest BCUT2D eigenvalue weighted by atomic mass is 16.5. The Morgan fingerprint density at radius 3 is 2.31 bits per heavy atom. The molecule has 3 unspecified atom stereocenters. The molecule has 2 aliphatic carbocycles. The van der Waals surface area contributed by atoms with Gasteiger partial charge in [0.2, 0.25) is 5.69 Å². The predicted molar refractivity (Wildman–Crippen MR) is 137 cm³/mol. The minimum atomic E-state index is -0.613. The Kier molecular flexibility index (Phi) is 6.20. The third-order valence-electron chi connectivity index (χ3n) is 9.41. The van der Waals surface area contributed by atoms with Crippen LogP contribution in [0.5, 0.6) is 0 Å². The van der Waals surface area contributed by atoms with Crippen LogP contribution in [0, 0.1) is 17.8 Å². The van der Waals surface area contributed by atoms with Gasteiger partial charge in [0.25, 0.3) is 5.56 Å². The molecule has 0 radical (unpaired) electrons. The molecule has 6 rings (SSSR count). The van der Waals surface area contributed by atoms with Gasteiger partial charge in [-0.05, 0) is 94.6 Å². The van der Waals surface area contributed by atoms with Crippen LogP contribution in [0.3, 0.4) is 0 Å². The zero-order chi connectivity index (χ0) is 24.1. The molecule has 3 heterocycles. The third kappa shape index (κ3) is 4.22. The number of hydrogen-bond donors (Lipinski definition) is 0. The second-order valence-corrected chi connectivity index (χ2v) is 11.8. The number of aromatic nitrogens is 2. The average molecular weight is 478 g/mol. The Morgan fingerprint density at radius 2 is 1.63 bits per heavy atom. The van der Waals surface area contributed by atoms with Crippen molar-refractivity contribution >= 4 is 17.0 Å². The lowest BCUT2D eigenvalue weighted by molar-refractivity contribution is -0.0525. The normalized spacial score (nSPS) is 35.1. The van der Waals surface area contributed by atoms with E-state index in [4.69, 9.17) is 4.74 Å². The largest absolute Gasteiger partial charge is 0.461 e. The van der Waals surface area contributed by atoms with Crippen molar-refractivity contribution in [1.82, 2.24) is 14.5 Å². The SMILES string of the molecule is CCOC(=O)c1nc2ccccc2n(C2C[C@H]3CCC[C@@H](C2)N3C2C[C@H]3CC(C)C[C@@H](C2)C3)c1=O. The number of carbonyl (C=O) groups is 1. The maximum Gasteiger partial charge on any atom is 0.362 e. The Labute approximate surface area is 208 Å². The van der Waals surface area contributed by atoms with Crippen LogP contribution in [-0.4, -0.2) is 45.2 Å². The summed E-state index contributed by atoms with van der Waals surface area (Å²) >= 11 is 0. The molecule has 35 heavy (non-hydrogen) atoms. The summed E-state index contributed by atoms with van der Waals surface area (Å²) in [7, 11) is 0. The molecule has 0 N–H and O–H groups in total. The van der Waals surface area contributed by atoms with Gasteiger partial charge in [-0.15, -0.1) is 0 Å². The fraction of sp³-hybridized carbons (Fsp3) is 0.690. The summed E-state index contributed by atoms with van der Waals surface area (Å²) in [6.45, 7) is 4.44. The molecule has 7 atom stereocenters. The number of ether oxygens (including phenoxy) is 1. The van der Waals surface area contributed by atoms with Gasteiger partial charge in [0, 0.05) is 24.2 Å². The lowest BCUT2D eigenvalue weighted by atomic mass is 9.65. The van der Waals surface area contributed by atoms with E-state index in [1.54, 1.807) is 6.92 Å². The molecule has 4 fully saturated rings. The van der Waals surface area contributed by atoms with Gasteiger partial charge < -0.3 is 9.30 Å². The van der Waals surface area contributed by atoms with Gasteiger partial charge in [-0.3, -0.25) is 9.69 Å². The quantitative estimate of drug-likeness (QED) is 0.556. The molecule has 0 spiro atoms. The Morgan fingerprint density at radius 1 is 0.943 bits per heavy atom. The van der Waals surface area contributed by atoms with Crippen LogP contribution < -0.4 is 5.56 Å². The summed E-state index contributed by atoms with van der Waals surface area (Å²) in [4.78, 5) is 33.6. The maximum atomic E-state index is 13.7. The molecule has 4 bridgehead atoms. The van der Waals surface area contributed by atoms with Gasteiger partial charge in [-0.1, -0.05) is 25.5 Å². The molecule has 6 nitrogen and oxygen atoms in total. The van der Waals surface area contributed by atoms with Crippen molar-refractivity contribution in [2.75, 3.05) is 6.61 Å². The number of esters is 1. The van der Waals surface area contributed by atoms with E-state index < -0.39 is 5.97 Å². The van der Waals surface area contributed by atoms with Crippen molar-refractivity contribution in [1.29, 1.82) is 0 Å². The first kappa shape index (κ1) is 23.2. The molecule has 4 aliphatic rings. The summed E-state index contributed by atoms with van der Waals surface area (Å²) in [5.74, 6) is 2.09. The zero-order valence-electron chi connectivity index (χ0n) is 21.2. The van der Waals surface area contributed by atoms with Crippen molar-refractivity contribution in [3.05, 3.63) is 40.3 Å². The molecular formula is C29H39N3O3. The fourth-order valence-corrected chi connectivity index (χ4v) is 8.44. The van der Waals surface area contributed by atoms with Gasteiger partial charge in [-0.25, -0.2) is 9.78 Å². The van der Waals surface area contributed by atoms with E-state index in [1.165, 1.54) is 51.4 Å². The van der Waals surface area contributed by atoms with E-state index in [0.29, 0.717) is 23.6 Å². The molecule has 0 amide bonds. The highest BCUT2D eigenvalue weighted by molar-refractivity contribution is 5.89. The van der Waals surface area contributed by atoms with Crippen LogP contribution in [0.1, 0.15) is 94.6 Å². The Hall–Kier alpha value is -2.21. The lowest BCUT2D eigenvalue weighted by Gasteiger charge is -2.55. The fourth-order valence-electron chi connectivity index (χ4n) is 8.44. The summed E-state index contributed by atoms with van der Waals surface area (Å²) in [6, 6.07) is 9.61. The third-order valence-corrected chi connectivity index (χ3v) is 9.41. The van der Waals surface area contributed by atoms with Crippen molar-refractivity contribution < 1.29 is 9.53 Å².